The number of likely N-dealkylation sites (tertiary alicyclic amines) is 1. The fraction of sp³-hybridized carbons (Fsp3) is 0.346. The minimum atomic E-state index is -0.998. The zero-order valence-electron chi connectivity index (χ0n) is 19.6. The highest BCUT2D eigenvalue weighted by molar-refractivity contribution is 7.15. The van der Waals surface area contributed by atoms with Gasteiger partial charge in [0.15, 0.2) is 11.5 Å². The van der Waals surface area contributed by atoms with Crippen LogP contribution in [0.1, 0.15) is 38.7 Å². The van der Waals surface area contributed by atoms with Crippen LogP contribution in [0.25, 0.3) is 10.4 Å². The van der Waals surface area contributed by atoms with Gasteiger partial charge < -0.3 is 25.2 Å². The van der Waals surface area contributed by atoms with E-state index in [9.17, 15) is 14.0 Å². The Kier molecular flexibility index (Phi) is 6.63. The van der Waals surface area contributed by atoms with E-state index < -0.39 is 5.97 Å². The van der Waals surface area contributed by atoms with E-state index in [1.54, 1.807) is 24.3 Å². The highest BCUT2D eigenvalue weighted by Crippen LogP contribution is 2.48. The van der Waals surface area contributed by atoms with Gasteiger partial charge in [-0.3, -0.25) is 4.79 Å². The molecule has 0 radical (unpaired) electrons. The van der Waals surface area contributed by atoms with Crippen molar-refractivity contribution < 1.29 is 28.6 Å². The first-order chi connectivity index (χ1) is 17.4. The minimum Gasteiger partial charge on any atom is -0.486 e. The Morgan fingerprint density at radius 1 is 1.17 bits per heavy atom. The number of para-hydroxylation sites is 1. The zero-order chi connectivity index (χ0) is 25.4. The number of halogens is 1. The number of carbonyl (C=O) groups excluding carboxylic acids is 1. The number of benzene rings is 2. The van der Waals surface area contributed by atoms with Crippen LogP contribution < -0.4 is 15.2 Å². The van der Waals surface area contributed by atoms with Crippen LogP contribution >= 0.6 is 11.3 Å². The van der Waals surface area contributed by atoms with Gasteiger partial charge in [-0.2, -0.15) is 0 Å². The highest BCUT2D eigenvalue weighted by Gasteiger charge is 2.54. The molecule has 2 aliphatic heterocycles. The molecule has 2 fully saturated rings. The molecule has 6 rings (SSSR count). The van der Waals surface area contributed by atoms with Crippen LogP contribution in [0.5, 0.6) is 11.5 Å². The molecule has 0 bridgehead atoms. The van der Waals surface area contributed by atoms with Crippen molar-refractivity contribution in [1.29, 1.82) is 0 Å². The van der Waals surface area contributed by atoms with E-state index in [1.165, 1.54) is 29.5 Å². The summed E-state index contributed by atoms with van der Waals surface area (Å²) in [5.41, 5.74) is 7.30. The summed E-state index contributed by atoms with van der Waals surface area (Å²) >= 11 is 1.47. The van der Waals surface area contributed by atoms with Gasteiger partial charge in [-0.1, -0.05) is 18.2 Å². The number of carboxylic acid groups (broad SMARTS) is 1. The summed E-state index contributed by atoms with van der Waals surface area (Å²) in [6, 6.07) is 11.5. The summed E-state index contributed by atoms with van der Waals surface area (Å²) in [6.07, 6.45) is 2.08. The molecule has 0 spiro atoms. The van der Waals surface area contributed by atoms with Crippen LogP contribution in [-0.4, -0.2) is 58.7 Å². The molecule has 1 saturated heterocycles. The Morgan fingerprint density at radius 2 is 1.92 bits per heavy atom. The fourth-order valence-electron chi connectivity index (χ4n) is 4.82. The molecule has 3 aromatic rings. The van der Waals surface area contributed by atoms with Gasteiger partial charge in [0, 0.05) is 18.6 Å². The van der Waals surface area contributed by atoms with Gasteiger partial charge in [-0.15, -0.1) is 11.3 Å². The first-order valence-corrected chi connectivity index (χ1v) is 12.6. The molecule has 3 aliphatic rings. The first kappa shape index (κ1) is 24.2. The zero-order valence-corrected chi connectivity index (χ0v) is 20.5. The second-order valence-corrected chi connectivity index (χ2v) is 10.2. The van der Waals surface area contributed by atoms with Crippen LogP contribution in [0.15, 0.2) is 42.5 Å². The average Bonchev–Trinajstić information content (AvgIpc) is 3.37. The van der Waals surface area contributed by atoms with E-state index in [0.717, 1.165) is 28.3 Å². The molecule has 3 N–H and O–H groups in total. The van der Waals surface area contributed by atoms with E-state index in [0.29, 0.717) is 48.9 Å². The number of amides is 1. The Bertz CT molecular complexity index is 1300. The van der Waals surface area contributed by atoms with Gasteiger partial charge in [0.25, 0.3) is 5.91 Å². The normalized spacial score (nSPS) is 21.3. The topological polar surface area (TPSA) is 115 Å². The predicted octanol–water partition coefficient (Wildman–Crippen LogP) is 3.98. The van der Waals surface area contributed by atoms with Gasteiger partial charge in [0.1, 0.15) is 30.3 Å². The number of nitrogens with two attached hydrogens (primary N) is 1. The van der Waals surface area contributed by atoms with Crippen molar-refractivity contribution >= 4 is 23.2 Å². The fourth-order valence-corrected chi connectivity index (χ4v) is 5.73. The summed E-state index contributed by atoms with van der Waals surface area (Å²) in [7, 11) is 0. The number of rotatable bonds is 4. The predicted molar refractivity (Wildman–Crippen MR) is 132 cm³/mol. The third kappa shape index (κ3) is 4.66. The number of fused-ring (bicyclic) bond motifs is 2. The molecule has 1 saturated carbocycles. The largest absolute Gasteiger partial charge is 0.486 e. The van der Waals surface area contributed by atoms with Gasteiger partial charge in [0.2, 0.25) is 0 Å². The molecule has 2 aromatic carbocycles. The third-order valence-electron chi connectivity index (χ3n) is 6.56. The highest BCUT2D eigenvalue weighted by atomic mass is 32.1. The van der Waals surface area contributed by atoms with Crippen molar-refractivity contribution in [3.05, 3.63) is 64.5 Å². The molecule has 1 amide bonds. The summed E-state index contributed by atoms with van der Waals surface area (Å²) in [5, 5.41) is 9.64. The van der Waals surface area contributed by atoms with E-state index in [1.807, 2.05) is 11.8 Å². The number of carbonyl (C=O) groups is 2. The summed E-state index contributed by atoms with van der Waals surface area (Å²) in [5.74, 6) is 0.136. The maximum atomic E-state index is 13.2. The number of carboxylic acids is 1. The van der Waals surface area contributed by atoms with E-state index >= 15 is 0 Å². The monoisotopic (exact) mass is 511 g/mol. The number of hydrogen-bond donors (Lipinski definition) is 2. The smallest absolute Gasteiger partial charge is 0.339 e. The second kappa shape index (κ2) is 9.87. The van der Waals surface area contributed by atoms with Crippen molar-refractivity contribution in [2.45, 2.75) is 31.8 Å². The maximum Gasteiger partial charge on any atom is 0.339 e. The van der Waals surface area contributed by atoms with Crippen molar-refractivity contribution in [1.82, 2.24) is 9.88 Å². The minimum absolute atomic E-state index is 0.0332. The van der Waals surface area contributed by atoms with Crippen LogP contribution in [0.4, 0.5) is 4.39 Å². The van der Waals surface area contributed by atoms with E-state index in [2.05, 4.69) is 4.98 Å². The lowest BCUT2D eigenvalue weighted by molar-refractivity contribution is 0.0681. The van der Waals surface area contributed by atoms with Crippen LogP contribution in [0, 0.1) is 18.7 Å². The molecule has 1 aromatic heterocycles. The number of nitrogens with zero attached hydrogens (tertiary/aromatic N) is 2. The van der Waals surface area contributed by atoms with Crippen molar-refractivity contribution in [2.24, 2.45) is 11.7 Å². The van der Waals surface area contributed by atoms with Gasteiger partial charge in [-0.05, 0) is 55.5 Å². The number of hydrogen-bond acceptors (Lipinski definition) is 7. The lowest BCUT2D eigenvalue weighted by Gasteiger charge is -2.26. The van der Waals surface area contributed by atoms with Gasteiger partial charge in [0.05, 0.1) is 9.88 Å². The Hall–Kier alpha value is -3.50. The van der Waals surface area contributed by atoms with Gasteiger partial charge >= 0.3 is 5.97 Å². The van der Waals surface area contributed by atoms with E-state index in [-0.39, 0.29) is 23.3 Å². The summed E-state index contributed by atoms with van der Waals surface area (Å²) in [6.45, 7) is 3.25. The lowest BCUT2D eigenvalue weighted by atomic mass is 10.1. The quantitative estimate of drug-likeness (QED) is 0.545. The number of ether oxygens (including phenoxy) is 2. The number of aromatic nitrogens is 1. The van der Waals surface area contributed by atoms with Crippen molar-refractivity contribution in [2.75, 3.05) is 19.8 Å². The van der Waals surface area contributed by atoms with Crippen LogP contribution in [-0.2, 0) is 0 Å². The number of piperidine rings is 1. The second-order valence-electron chi connectivity index (χ2n) is 8.95. The van der Waals surface area contributed by atoms with Gasteiger partial charge in [-0.25, -0.2) is 14.2 Å². The lowest BCUT2D eigenvalue weighted by Crippen LogP contribution is -2.42. The molecular weight excluding hydrogens is 485 g/mol. The molecule has 0 unspecified atom stereocenters. The molecular formula is C26H26FN3O5S. The molecule has 1 aliphatic carbocycles. The average molecular weight is 512 g/mol. The molecule has 8 nitrogen and oxygen atoms in total. The first-order valence-electron chi connectivity index (χ1n) is 11.8. The Morgan fingerprint density at radius 3 is 2.64 bits per heavy atom. The Labute approximate surface area is 211 Å². The molecule has 36 heavy (non-hydrogen) atoms. The molecule has 3 heterocycles. The van der Waals surface area contributed by atoms with Crippen molar-refractivity contribution in [3.8, 4) is 21.9 Å². The SMILES string of the molecule is Cc1nc(C(=O)N2[C@H](CN)C[C@@H]3C[C@@H]32)c(-c2ccc(F)cc2)s1.O=C(O)c1cccc2c1OCCO2. The van der Waals surface area contributed by atoms with Crippen molar-refractivity contribution in [3.63, 3.8) is 0 Å². The molecule has 3 atom stereocenters. The summed E-state index contributed by atoms with van der Waals surface area (Å²) in [4.78, 5) is 31.0. The Balaban J connectivity index is 0.000000174. The number of aromatic carboxylic acids is 1. The maximum absolute atomic E-state index is 13.2. The third-order valence-corrected chi connectivity index (χ3v) is 7.58. The van der Waals surface area contributed by atoms with Crippen LogP contribution in [0.3, 0.4) is 0 Å². The standard InChI is InChI=1S/C17H18FN3OS.C9H8O4/c1-9-20-15(16(23-9)10-2-4-12(18)5-3-10)17(22)21-13(8-19)6-11-7-14(11)21;10-9(11)6-2-1-3-7-8(6)13-5-4-12-7/h2-5,11,13-14H,6-8,19H2,1H3;1-3H,4-5H2,(H,10,11)/t11-,13+,14+;/m1./s1. The van der Waals surface area contributed by atoms with E-state index in [4.69, 9.17) is 20.3 Å². The number of aryl methyl sites for hydroxylation is 1. The molecule has 10 heteroatoms. The summed E-state index contributed by atoms with van der Waals surface area (Å²) < 4.78 is 23.6. The molecule has 188 valence electrons. The van der Waals surface area contributed by atoms with Crippen LogP contribution in [0.2, 0.25) is 0 Å². The number of thiazole rings is 1.